The average Bonchev–Trinajstić information content (AvgIpc) is 3.34. The fraction of sp³-hybridized carbons (Fsp3) is 0.263. The zero-order chi connectivity index (χ0) is 21.0. The molecule has 1 aliphatic rings. The van der Waals surface area contributed by atoms with E-state index in [-0.39, 0.29) is 36.7 Å². The predicted molar refractivity (Wildman–Crippen MR) is 102 cm³/mol. The lowest BCUT2D eigenvalue weighted by atomic mass is 10.1. The Hall–Kier alpha value is -3.66. The van der Waals surface area contributed by atoms with E-state index in [1.807, 2.05) is 0 Å². The van der Waals surface area contributed by atoms with E-state index in [9.17, 15) is 14.4 Å². The number of nitrogens with one attached hydrogen (secondary N) is 2. The number of β-amino-alcohol motifs (C(OH)–C–C–N with tert-alkyl or cyclic N) is 1. The summed E-state index contributed by atoms with van der Waals surface area (Å²) in [5.74, 6) is -1.56. The number of carbonyl (C=O) groups is 3. The molecule has 10 heteroatoms. The number of nitrogens with zero attached hydrogens (tertiary/aromatic N) is 2. The number of aromatic amines is 1. The third kappa shape index (κ3) is 4.11. The van der Waals surface area contributed by atoms with Gasteiger partial charge in [-0.3, -0.25) is 9.89 Å². The first-order valence-corrected chi connectivity index (χ1v) is 8.71. The molecule has 1 amide bonds. The second-order valence-corrected chi connectivity index (χ2v) is 6.16. The van der Waals surface area contributed by atoms with Crippen LogP contribution in [0, 0.1) is 0 Å². The quantitative estimate of drug-likeness (QED) is 0.573. The molecule has 29 heavy (non-hydrogen) atoms. The number of aliphatic hydroxyl groups is 1. The summed E-state index contributed by atoms with van der Waals surface area (Å²) in [5, 5.41) is 18.8. The van der Waals surface area contributed by atoms with Crippen LogP contribution in [0.1, 0.15) is 10.5 Å². The van der Waals surface area contributed by atoms with Crippen molar-refractivity contribution in [3.8, 4) is 11.3 Å². The minimum Gasteiger partial charge on any atom is -0.466 e. The lowest BCUT2D eigenvalue weighted by Gasteiger charge is -2.15. The summed E-state index contributed by atoms with van der Waals surface area (Å²) >= 11 is 0. The van der Waals surface area contributed by atoms with Crippen molar-refractivity contribution >= 4 is 23.5 Å². The predicted octanol–water partition coefficient (Wildman–Crippen LogP) is 0.537. The first kappa shape index (κ1) is 20.1. The number of benzene rings is 1. The molecule has 2 heterocycles. The molecule has 1 aromatic heterocycles. The highest BCUT2D eigenvalue weighted by Crippen LogP contribution is 2.26. The summed E-state index contributed by atoms with van der Waals surface area (Å²) in [6, 6.07) is 8.52. The molecule has 1 aromatic carbocycles. The van der Waals surface area contributed by atoms with Gasteiger partial charge in [-0.15, -0.1) is 0 Å². The molecule has 0 spiro atoms. The van der Waals surface area contributed by atoms with Gasteiger partial charge in [-0.25, -0.2) is 9.59 Å². The highest BCUT2D eigenvalue weighted by Gasteiger charge is 2.34. The molecule has 0 saturated heterocycles. The summed E-state index contributed by atoms with van der Waals surface area (Å²) in [4.78, 5) is 37.6. The lowest BCUT2D eigenvalue weighted by molar-refractivity contribution is -0.136. The fourth-order valence-corrected chi connectivity index (χ4v) is 2.93. The molecule has 0 saturated carbocycles. The third-order valence-corrected chi connectivity index (χ3v) is 4.36. The van der Waals surface area contributed by atoms with Gasteiger partial charge in [0.2, 0.25) is 0 Å². The monoisotopic (exact) mass is 400 g/mol. The molecule has 0 unspecified atom stereocenters. The number of aromatic nitrogens is 2. The zero-order valence-electron chi connectivity index (χ0n) is 15.9. The maximum Gasteiger partial charge on any atom is 0.356 e. The van der Waals surface area contributed by atoms with Crippen molar-refractivity contribution in [2.75, 3.05) is 39.2 Å². The summed E-state index contributed by atoms with van der Waals surface area (Å²) in [6.45, 7) is -0.0608. The van der Waals surface area contributed by atoms with E-state index in [0.717, 1.165) is 0 Å². The Morgan fingerprint density at radius 1 is 1.24 bits per heavy atom. The van der Waals surface area contributed by atoms with E-state index >= 15 is 0 Å². The molecular formula is C19H20N4O6. The summed E-state index contributed by atoms with van der Waals surface area (Å²) < 4.78 is 9.42. The number of aliphatic hydroxyl groups excluding tert-OH is 1. The van der Waals surface area contributed by atoms with Gasteiger partial charge in [0.15, 0.2) is 0 Å². The number of esters is 2. The van der Waals surface area contributed by atoms with Crippen molar-refractivity contribution < 1.29 is 29.0 Å². The van der Waals surface area contributed by atoms with Crippen LogP contribution in [0.2, 0.25) is 0 Å². The van der Waals surface area contributed by atoms with E-state index < -0.39 is 17.8 Å². The Morgan fingerprint density at radius 2 is 2.00 bits per heavy atom. The Kier molecular flexibility index (Phi) is 5.93. The maximum absolute atomic E-state index is 12.6. The van der Waals surface area contributed by atoms with Crippen molar-refractivity contribution in [1.29, 1.82) is 0 Å². The molecule has 2 aromatic rings. The maximum atomic E-state index is 12.6. The van der Waals surface area contributed by atoms with Gasteiger partial charge < -0.3 is 24.8 Å². The van der Waals surface area contributed by atoms with Crippen LogP contribution in [0.3, 0.4) is 0 Å². The average molecular weight is 400 g/mol. The second-order valence-electron chi connectivity index (χ2n) is 6.16. The number of H-pyrrole nitrogens is 1. The van der Waals surface area contributed by atoms with Crippen LogP contribution >= 0.6 is 0 Å². The van der Waals surface area contributed by atoms with Gasteiger partial charge in [0.1, 0.15) is 11.4 Å². The number of rotatable bonds is 7. The Labute approximate surface area is 166 Å². The first-order valence-electron chi connectivity index (χ1n) is 8.71. The number of ether oxygens (including phenoxy) is 2. The topological polar surface area (TPSA) is 134 Å². The highest BCUT2D eigenvalue weighted by molar-refractivity contribution is 6.08. The van der Waals surface area contributed by atoms with Crippen LogP contribution in [0.4, 0.5) is 5.69 Å². The van der Waals surface area contributed by atoms with Crippen molar-refractivity contribution in [1.82, 2.24) is 15.1 Å². The zero-order valence-corrected chi connectivity index (χ0v) is 15.9. The highest BCUT2D eigenvalue weighted by atomic mass is 16.5. The van der Waals surface area contributed by atoms with Gasteiger partial charge in [-0.2, -0.15) is 5.10 Å². The van der Waals surface area contributed by atoms with Crippen LogP contribution in [-0.2, 0) is 19.1 Å². The van der Waals surface area contributed by atoms with Crippen molar-refractivity contribution in [2.45, 2.75) is 0 Å². The van der Waals surface area contributed by atoms with Gasteiger partial charge in [0.05, 0.1) is 38.6 Å². The largest absolute Gasteiger partial charge is 0.466 e. The molecule has 0 fully saturated rings. The van der Waals surface area contributed by atoms with Gasteiger partial charge in [-0.05, 0) is 18.2 Å². The Bertz CT molecular complexity index is 981. The molecule has 1 aliphatic heterocycles. The van der Waals surface area contributed by atoms with Gasteiger partial charge >= 0.3 is 11.9 Å². The molecule has 3 N–H and O–H groups in total. The number of carbonyl (C=O) groups excluding carboxylic acids is 3. The number of amides is 1. The van der Waals surface area contributed by atoms with E-state index in [1.165, 1.54) is 19.1 Å². The van der Waals surface area contributed by atoms with Gasteiger partial charge in [0.25, 0.3) is 5.91 Å². The van der Waals surface area contributed by atoms with E-state index in [1.54, 1.807) is 30.3 Å². The van der Waals surface area contributed by atoms with Crippen LogP contribution < -0.4 is 5.32 Å². The van der Waals surface area contributed by atoms with Crippen LogP contribution in [-0.4, -0.2) is 72.0 Å². The molecule has 10 nitrogen and oxygen atoms in total. The second kappa shape index (κ2) is 8.57. The summed E-state index contributed by atoms with van der Waals surface area (Å²) in [5.41, 5.74) is 2.22. The SMILES string of the molecule is COC(=O)C1=C(Nc2cccc(-c3cc(C(=O)OC)[nH]n3)c2)C(=O)N(CCO)C1. The molecular weight excluding hydrogens is 380 g/mol. The fourth-order valence-electron chi connectivity index (χ4n) is 2.93. The third-order valence-electron chi connectivity index (χ3n) is 4.36. The summed E-state index contributed by atoms with van der Waals surface area (Å²) in [7, 11) is 2.52. The first-order chi connectivity index (χ1) is 14.0. The Morgan fingerprint density at radius 3 is 2.69 bits per heavy atom. The number of methoxy groups -OCH3 is 2. The smallest absolute Gasteiger partial charge is 0.356 e. The lowest BCUT2D eigenvalue weighted by Crippen LogP contribution is -2.31. The standard InChI is InChI=1S/C19H20N4O6/c1-28-18(26)13-10-23(6-7-24)17(25)16(13)20-12-5-3-4-11(8-12)14-9-15(22-21-14)19(27)29-2/h3-5,8-9,20,24H,6-7,10H2,1-2H3,(H,21,22). The van der Waals surface area contributed by atoms with Crippen LogP contribution in [0.25, 0.3) is 11.3 Å². The van der Waals surface area contributed by atoms with E-state index in [2.05, 4.69) is 20.3 Å². The Balaban J connectivity index is 1.88. The number of anilines is 1. The summed E-state index contributed by atoms with van der Waals surface area (Å²) in [6.07, 6.45) is 0. The van der Waals surface area contributed by atoms with Crippen molar-refractivity contribution in [2.24, 2.45) is 0 Å². The number of hydrogen-bond donors (Lipinski definition) is 3. The molecule has 0 bridgehead atoms. The minimum atomic E-state index is -0.618. The van der Waals surface area contributed by atoms with Crippen molar-refractivity contribution in [3.05, 3.63) is 47.3 Å². The van der Waals surface area contributed by atoms with Crippen molar-refractivity contribution in [3.63, 3.8) is 0 Å². The molecule has 0 atom stereocenters. The van der Waals surface area contributed by atoms with Gasteiger partial charge in [-0.1, -0.05) is 12.1 Å². The molecule has 152 valence electrons. The molecule has 0 aliphatic carbocycles. The van der Waals surface area contributed by atoms with Gasteiger partial charge in [0, 0.05) is 17.8 Å². The normalized spacial score (nSPS) is 13.6. The van der Waals surface area contributed by atoms with E-state index in [4.69, 9.17) is 9.84 Å². The molecule has 0 radical (unpaired) electrons. The van der Waals surface area contributed by atoms with E-state index in [0.29, 0.717) is 16.9 Å². The molecule has 3 rings (SSSR count). The minimum absolute atomic E-state index is 0.0515. The van der Waals surface area contributed by atoms with Crippen LogP contribution in [0.5, 0.6) is 0 Å². The number of hydrogen-bond acceptors (Lipinski definition) is 8. The van der Waals surface area contributed by atoms with Crippen LogP contribution in [0.15, 0.2) is 41.6 Å².